The zero-order valence-corrected chi connectivity index (χ0v) is 10.6. The van der Waals surface area contributed by atoms with Gasteiger partial charge in [0.15, 0.2) is 0 Å². The zero-order valence-electron chi connectivity index (χ0n) is 6.61. The molecule has 0 spiro atoms. The standard InChI is InChI=1S/C7H5Br2F3OS/c8-3-1-5(14-6(3)9)4(13)2-7(10,11)12/h1,4,13H,2H2. The highest BCUT2D eigenvalue weighted by Crippen LogP contribution is 2.38. The van der Waals surface area contributed by atoms with E-state index in [0.717, 1.165) is 11.3 Å². The van der Waals surface area contributed by atoms with Gasteiger partial charge in [-0.15, -0.1) is 11.3 Å². The van der Waals surface area contributed by atoms with Crippen molar-refractivity contribution in [3.8, 4) is 0 Å². The van der Waals surface area contributed by atoms with Crippen molar-refractivity contribution in [1.82, 2.24) is 0 Å². The Morgan fingerprint density at radius 1 is 1.43 bits per heavy atom. The third-order valence-corrected chi connectivity index (χ3v) is 4.77. The summed E-state index contributed by atoms with van der Waals surface area (Å²) in [5, 5.41) is 9.24. The van der Waals surface area contributed by atoms with Crippen molar-refractivity contribution in [1.29, 1.82) is 0 Å². The van der Waals surface area contributed by atoms with E-state index in [0.29, 0.717) is 13.1 Å². The second-order valence-electron chi connectivity index (χ2n) is 2.61. The van der Waals surface area contributed by atoms with Crippen LogP contribution in [0.5, 0.6) is 0 Å². The maximum absolute atomic E-state index is 11.9. The largest absolute Gasteiger partial charge is 0.391 e. The molecule has 0 aliphatic heterocycles. The van der Waals surface area contributed by atoms with E-state index in [2.05, 4.69) is 31.9 Å². The summed E-state index contributed by atoms with van der Waals surface area (Å²) in [7, 11) is 0. The second-order valence-corrected chi connectivity index (χ2v) is 5.86. The van der Waals surface area contributed by atoms with Crippen molar-refractivity contribution in [3.63, 3.8) is 0 Å². The first kappa shape index (κ1) is 12.5. The average Bonchev–Trinajstić information content (AvgIpc) is 2.28. The molecule has 1 rings (SSSR count). The number of thiophene rings is 1. The van der Waals surface area contributed by atoms with Gasteiger partial charge in [0.2, 0.25) is 0 Å². The lowest BCUT2D eigenvalue weighted by atomic mass is 10.2. The van der Waals surface area contributed by atoms with E-state index in [4.69, 9.17) is 0 Å². The van der Waals surface area contributed by atoms with Gasteiger partial charge < -0.3 is 5.11 Å². The van der Waals surface area contributed by atoms with Gasteiger partial charge in [-0.3, -0.25) is 0 Å². The minimum Gasteiger partial charge on any atom is -0.387 e. The summed E-state index contributed by atoms with van der Waals surface area (Å²) in [5.74, 6) is 0. The van der Waals surface area contributed by atoms with Crippen molar-refractivity contribution in [2.45, 2.75) is 18.7 Å². The highest BCUT2D eigenvalue weighted by molar-refractivity contribution is 9.13. The van der Waals surface area contributed by atoms with Gasteiger partial charge in [0.25, 0.3) is 0 Å². The highest BCUT2D eigenvalue weighted by Gasteiger charge is 2.32. The van der Waals surface area contributed by atoms with E-state index in [1.54, 1.807) is 0 Å². The number of hydrogen-bond donors (Lipinski definition) is 1. The van der Waals surface area contributed by atoms with Crippen LogP contribution in [-0.2, 0) is 0 Å². The van der Waals surface area contributed by atoms with E-state index in [-0.39, 0.29) is 0 Å². The fourth-order valence-corrected chi connectivity index (χ4v) is 2.92. The minimum atomic E-state index is -4.34. The Kier molecular flexibility index (Phi) is 4.02. The number of halogens is 5. The molecule has 0 aliphatic carbocycles. The summed E-state index contributed by atoms with van der Waals surface area (Å²) in [6, 6.07) is 1.48. The first-order valence-corrected chi connectivity index (χ1v) is 5.89. The second kappa shape index (κ2) is 4.51. The van der Waals surface area contributed by atoms with Crippen molar-refractivity contribution in [2.75, 3.05) is 0 Å². The molecule has 0 saturated carbocycles. The number of aliphatic hydroxyl groups is 1. The maximum Gasteiger partial charge on any atom is 0.391 e. The zero-order chi connectivity index (χ0) is 10.9. The molecule has 1 nitrogen and oxygen atoms in total. The van der Waals surface area contributed by atoms with Crippen LogP contribution in [0, 0.1) is 0 Å². The molecule has 1 aromatic rings. The predicted molar refractivity (Wildman–Crippen MR) is 55.4 cm³/mol. The lowest BCUT2D eigenvalue weighted by Gasteiger charge is -2.10. The van der Waals surface area contributed by atoms with Crippen LogP contribution >= 0.6 is 43.2 Å². The summed E-state index contributed by atoms with van der Waals surface area (Å²) in [5.41, 5.74) is 0. The fraction of sp³-hybridized carbons (Fsp3) is 0.429. The van der Waals surface area contributed by atoms with Crippen molar-refractivity contribution >= 4 is 43.2 Å². The van der Waals surface area contributed by atoms with Gasteiger partial charge in [-0.05, 0) is 37.9 Å². The van der Waals surface area contributed by atoms with Crippen LogP contribution < -0.4 is 0 Å². The summed E-state index contributed by atoms with van der Waals surface area (Å²) in [6.07, 6.45) is -7.04. The Balaban J connectivity index is 2.75. The minimum absolute atomic E-state index is 0.293. The number of rotatable bonds is 2. The molecular weight excluding hydrogens is 349 g/mol. The molecule has 0 saturated heterocycles. The predicted octanol–water partition coefficient (Wildman–Crippen LogP) is 4.26. The molecule has 1 N–H and O–H groups in total. The molecule has 1 unspecified atom stereocenters. The van der Waals surface area contributed by atoms with E-state index >= 15 is 0 Å². The first-order chi connectivity index (χ1) is 6.29. The van der Waals surface area contributed by atoms with Crippen LogP contribution in [0.1, 0.15) is 17.4 Å². The molecule has 80 valence electrons. The number of hydrogen-bond acceptors (Lipinski definition) is 2. The fourth-order valence-electron chi connectivity index (χ4n) is 0.847. The summed E-state index contributed by atoms with van der Waals surface area (Å²) in [4.78, 5) is 0.293. The quantitative estimate of drug-likeness (QED) is 0.842. The van der Waals surface area contributed by atoms with E-state index < -0.39 is 18.7 Å². The first-order valence-electron chi connectivity index (χ1n) is 3.49. The van der Waals surface area contributed by atoms with Crippen molar-refractivity contribution in [2.24, 2.45) is 0 Å². The van der Waals surface area contributed by atoms with Crippen molar-refractivity contribution in [3.05, 3.63) is 19.2 Å². The van der Waals surface area contributed by atoms with Crippen LogP contribution in [0.4, 0.5) is 13.2 Å². The molecule has 1 aromatic heterocycles. The number of alkyl halides is 3. The molecule has 0 radical (unpaired) electrons. The Hall–Kier alpha value is 0.410. The maximum atomic E-state index is 11.9. The Morgan fingerprint density at radius 2 is 2.00 bits per heavy atom. The van der Waals surface area contributed by atoms with Crippen LogP contribution in [-0.4, -0.2) is 11.3 Å². The lowest BCUT2D eigenvalue weighted by molar-refractivity contribution is -0.153. The Labute approximate surface area is 99.2 Å². The molecule has 0 bridgehead atoms. The van der Waals surface area contributed by atoms with E-state index in [9.17, 15) is 18.3 Å². The van der Waals surface area contributed by atoms with E-state index in [1.807, 2.05) is 0 Å². The Bertz CT molecular complexity index is 304. The molecule has 14 heavy (non-hydrogen) atoms. The van der Waals surface area contributed by atoms with Gasteiger partial charge in [0, 0.05) is 9.35 Å². The van der Waals surface area contributed by atoms with Gasteiger partial charge in [0.1, 0.15) is 0 Å². The Morgan fingerprint density at radius 3 is 2.36 bits per heavy atom. The normalized spacial score (nSPS) is 14.4. The highest BCUT2D eigenvalue weighted by atomic mass is 79.9. The lowest BCUT2D eigenvalue weighted by Crippen LogP contribution is -2.12. The third-order valence-electron chi connectivity index (χ3n) is 1.42. The molecule has 0 amide bonds. The SMILES string of the molecule is OC(CC(F)(F)F)c1cc(Br)c(Br)s1. The molecule has 7 heteroatoms. The molecule has 0 fully saturated rings. The topological polar surface area (TPSA) is 20.2 Å². The molecule has 0 aromatic carbocycles. The van der Waals surface area contributed by atoms with Crippen LogP contribution in [0.25, 0.3) is 0 Å². The molecular formula is C7H5Br2F3OS. The monoisotopic (exact) mass is 352 g/mol. The van der Waals surface area contributed by atoms with Crippen LogP contribution in [0.3, 0.4) is 0 Å². The van der Waals surface area contributed by atoms with Crippen LogP contribution in [0.15, 0.2) is 14.3 Å². The van der Waals surface area contributed by atoms with Gasteiger partial charge in [-0.25, -0.2) is 0 Å². The third kappa shape index (κ3) is 3.52. The van der Waals surface area contributed by atoms with Gasteiger partial charge in [-0.2, -0.15) is 13.2 Å². The van der Waals surface area contributed by atoms with Gasteiger partial charge in [-0.1, -0.05) is 0 Å². The summed E-state index contributed by atoms with van der Waals surface area (Å²) >= 11 is 7.36. The molecule has 1 heterocycles. The van der Waals surface area contributed by atoms with E-state index in [1.165, 1.54) is 6.07 Å². The number of aliphatic hydroxyl groups excluding tert-OH is 1. The van der Waals surface area contributed by atoms with Gasteiger partial charge in [0.05, 0.1) is 16.3 Å². The average molecular weight is 354 g/mol. The smallest absolute Gasteiger partial charge is 0.387 e. The van der Waals surface area contributed by atoms with Crippen LogP contribution in [0.2, 0.25) is 0 Å². The molecule has 1 atom stereocenters. The molecule has 0 aliphatic rings. The van der Waals surface area contributed by atoms with Crippen molar-refractivity contribution < 1.29 is 18.3 Å². The van der Waals surface area contributed by atoms with Gasteiger partial charge >= 0.3 is 6.18 Å². The summed E-state index contributed by atoms with van der Waals surface area (Å²) in [6.45, 7) is 0. The summed E-state index contributed by atoms with van der Waals surface area (Å²) < 4.78 is 37.1.